The van der Waals surface area contributed by atoms with Gasteiger partial charge >= 0.3 is 5.69 Å². The lowest BCUT2D eigenvalue weighted by molar-refractivity contribution is -0.115. The highest BCUT2D eigenvalue weighted by atomic mass is 16.2. The Hall–Kier alpha value is -4.01. The van der Waals surface area contributed by atoms with Gasteiger partial charge in [-0.1, -0.05) is 42.5 Å². The zero-order valence-corrected chi connectivity index (χ0v) is 18.9. The predicted octanol–water partition coefficient (Wildman–Crippen LogP) is 2.44. The SMILES string of the molecule is CC(=O)CN1N=C(C)[C@H](C)n2c1nc1c2c(=O)n(Cc2cccc3ccccc23)c(=O)n1C. The van der Waals surface area contributed by atoms with Crippen LogP contribution < -0.4 is 16.3 Å². The second-order valence-corrected chi connectivity index (χ2v) is 8.50. The molecular formula is C24H24N6O3. The second-order valence-electron chi connectivity index (χ2n) is 8.50. The molecule has 9 heteroatoms. The van der Waals surface area contributed by atoms with Gasteiger partial charge < -0.3 is 0 Å². The lowest BCUT2D eigenvalue weighted by Crippen LogP contribution is -2.40. The van der Waals surface area contributed by atoms with Crippen molar-refractivity contribution in [3.8, 4) is 0 Å². The number of benzene rings is 2. The number of anilines is 1. The van der Waals surface area contributed by atoms with E-state index in [1.165, 1.54) is 21.1 Å². The van der Waals surface area contributed by atoms with E-state index in [0.717, 1.165) is 22.0 Å². The molecular weight excluding hydrogens is 420 g/mol. The minimum absolute atomic E-state index is 0.0333. The first-order chi connectivity index (χ1) is 15.8. The maximum Gasteiger partial charge on any atom is 0.332 e. The molecule has 0 amide bonds. The molecule has 2 aromatic carbocycles. The summed E-state index contributed by atoms with van der Waals surface area (Å²) in [6.07, 6.45) is 0. The van der Waals surface area contributed by atoms with Crippen molar-refractivity contribution < 1.29 is 4.79 Å². The number of fused-ring (bicyclic) bond motifs is 4. The first-order valence-corrected chi connectivity index (χ1v) is 10.8. The van der Waals surface area contributed by atoms with E-state index < -0.39 is 11.2 Å². The van der Waals surface area contributed by atoms with Crippen LogP contribution in [0.1, 0.15) is 32.4 Å². The minimum Gasteiger partial charge on any atom is -0.298 e. The fourth-order valence-electron chi connectivity index (χ4n) is 4.44. The lowest BCUT2D eigenvalue weighted by Gasteiger charge is -2.28. The number of rotatable bonds is 4. The summed E-state index contributed by atoms with van der Waals surface area (Å²) in [5, 5.41) is 8.03. The summed E-state index contributed by atoms with van der Waals surface area (Å²) >= 11 is 0. The van der Waals surface area contributed by atoms with E-state index >= 15 is 0 Å². The summed E-state index contributed by atoms with van der Waals surface area (Å²) in [5.74, 6) is 0.301. The van der Waals surface area contributed by atoms with Crippen LogP contribution in [0.2, 0.25) is 0 Å². The number of aromatic nitrogens is 4. The molecule has 0 N–H and O–H groups in total. The number of imidazole rings is 1. The van der Waals surface area contributed by atoms with E-state index in [-0.39, 0.29) is 30.6 Å². The van der Waals surface area contributed by atoms with E-state index in [2.05, 4.69) is 10.1 Å². The zero-order chi connectivity index (χ0) is 23.4. The molecule has 9 nitrogen and oxygen atoms in total. The molecule has 4 aromatic rings. The highest BCUT2D eigenvalue weighted by Crippen LogP contribution is 2.29. The van der Waals surface area contributed by atoms with Crippen LogP contribution in [0, 0.1) is 0 Å². The van der Waals surface area contributed by atoms with Crippen molar-refractivity contribution in [2.24, 2.45) is 12.1 Å². The molecule has 0 saturated heterocycles. The van der Waals surface area contributed by atoms with Crippen LogP contribution in [0.5, 0.6) is 0 Å². The highest BCUT2D eigenvalue weighted by molar-refractivity contribution is 5.92. The molecule has 0 radical (unpaired) electrons. The normalized spacial score (nSPS) is 15.7. The third-order valence-electron chi connectivity index (χ3n) is 6.24. The highest BCUT2D eigenvalue weighted by Gasteiger charge is 2.31. The molecule has 0 spiro atoms. The molecule has 168 valence electrons. The standard InChI is InChI=1S/C24H24N6O3/c1-14(31)12-29-23-25-21-20(30(23)16(3)15(2)26-29)22(32)28(24(33)27(21)4)13-18-10-7-9-17-8-5-6-11-19(17)18/h5-11,16H,12-13H2,1-4H3/t16-/m0/s1. The van der Waals surface area contributed by atoms with E-state index in [1.54, 1.807) is 11.6 Å². The van der Waals surface area contributed by atoms with Crippen LogP contribution in [0.25, 0.3) is 21.9 Å². The van der Waals surface area contributed by atoms with E-state index in [1.807, 2.05) is 56.3 Å². The second kappa shape index (κ2) is 7.54. The van der Waals surface area contributed by atoms with Gasteiger partial charge in [0.05, 0.1) is 18.3 Å². The monoisotopic (exact) mass is 444 g/mol. The van der Waals surface area contributed by atoms with E-state index in [0.29, 0.717) is 11.5 Å². The molecule has 5 rings (SSSR count). The average Bonchev–Trinajstić information content (AvgIpc) is 3.20. The van der Waals surface area contributed by atoms with Gasteiger partial charge in [0.15, 0.2) is 16.9 Å². The first kappa shape index (κ1) is 20.9. The maximum absolute atomic E-state index is 13.7. The lowest BCUT2D eigenvalue weighted by atomic mass is 10.0. The molecule has 0 fully saturated rings. The van der Waals surface area contributed by atoms with Crippen LogP contribution in [0.4, 0.5) is 5.95 Å². The van der Waals surface area contributed by atoms with Gasteiger partial charge in [0, 0.05) is 7.05 Å². The Morgan fingerprint density at radius 3 is 2.58 bits per heavy atom. The molecule has 0 aliphatic carbocycles. The molecule has 0 saturated carbocycles. The Labute approximate surface area is 189 Å². The number of aryl methyl sites for hydroxylation is 1. The van der Waals surface area contributed by atoms with Gasteiger partial charge in [0.25, 0.3) is 5.56 Å². The Kier molecular flexibility index (Phi) is 4.77. The summed E-state index contributed by atoms with van der Waals surface area (Å²) in [7, 11) is 1.61. The topological polar surface area (TPSA) is 94.5 Å². The third kappa shape index (κ3) is 3.19. The van der Waals surface area contributed by atoms with Crippen molar-refractivity contribution in [3.05, 3.63) is 68.9 Å². The molecule has 33 heavy (non-hydrogen) atoms. The number of hydrazone groups is 1. The number of hydrogen-bond acceptors (Lipinski definition) is 6. The molecule has 2 aromatic heterocycles. The van der Waals surface area contributed by atoms with Gasteiger partial charge in [0.2, 0.25) is 5.95 Å². The summed E-state index contributed by atoms with van der Waals surface area (Å²) in [4.78, 5) is 43.3. The third-order valence-corrected chi connectivity index (χ3v) is 6.24. The van der Waals surface area contributed by atoms with Crippen molar-refractivity contribution in [1.29, 1.82) is 0 Å². The smallest absolute Gasteiger partial charge is 0.298 e. The van der Waals surface area contributed by atoms with Crippen molar-refractivity contribution in [1.82, 2.24) is 18.7 Å². The predicted molar refractivity (Wildman–Crippen MR) is 128 cm³/mol. The van der Waals surface area contributed by atoms with Crippen molar-refractivity contribution >= 4 is 39.4 Å². The van der Waals surface area contributed by atoms with Crippen molar-refractivity contribution in [2.45, 2.75) is 33.4 Å². The van der Waals surface area contributed by atoms with Crippen molar-refractivity contribution in [2.75, 3.05) is 11.6 Å². The number of carbonyl (C=O) groups excluding carboxylic acids is 1. The molecule has 1 aliphatic heterocycles. The number of hydrogen-bond donors (Lipinski definition) is 0. The number of carbonyl (C=O) groups is 1. The Morgan fingerprint density at radius 2 is 1.82 bits per heavy atom. The fraction of sp³-hybridized carbons (Fsp3) is 0.292. The summed E-state index contributed by atoms with van der Waals surface area (Å²) in [6.45, 7) is 5.42. The van der Waals surface area contributed by atoms with Gasteiger partial charge in [-0.05, 0) is 37.1 Å². The average molecular weight is 444 g/mol. The summed E-state index contributed by atoms with van der Waals surface area (Å²) < 4.78 is 4.42. The molecule has 3 heterocycles. The van der Waals surface area contributed by atoms with Crippen LogP contribution in [0.15, 0.2) is 57.2 Å². The largest absolute Gasteiger partial charge is 0.332 e. The Balaban J connectivity index is 1.76. The van der Waals surface area contributed by atoms with Crippen LogP contribution in [-0.2, 0) is 18.4 Å². The molecule has 0 bridgehead atoms. The van der Waals surface area contributed by atoms with Crippen molar-refractivity contribution in [3.63, 3.8) is 0 Å². The minimum atomic E-state index is -0.445. The number of Topliss-reactive ketones (excluding diaryl/α,β-unsaturated/α-hetero) is 1. The van der Waals surface area contributed by atoms with E-state index in [4.69, 9.17) is 0 Å². The maximum atomic E-state index is 13.7. The van der Waals surface area contributed by atoms with Crippen LogP contribution in [0.3, 0.4) is 0 Å². The molecule has 1 atom stereocenters. The van der Waals surface area contributed by atoms with Crippen LogP contribution in [-0.4, -0.2) is 36.7 Å². The molecule has 0 unspecified atom stereocenters. The fourth-order valence-corrected chi connectivity index (χ4v) is 4.44. The Bertz CT molecular complexity index is 1580. The first-order valence-electron chi connectivity index (χ1n) is 10.8. The summed E-state index contributed by atoms with van der Waals surface area (Å²) in [5.41, 5.74) is 1.37. The molecule has 1 aliphatic rings. The van der Waals surface area contributed by atoms with E-state index in [9.17, 15) is 14.4 Å². The van der Waals surface area contributed by atoms with Gasteiger partial charge in [-0.3, -0.25) is 23.3 Å². The van der Waals surface area contributed by atoms with Gasteiger partial charge in [-0.2, -0.15) is 10.1 Å². The quantitative estimate of drug-likeness (QED) is 0.482. The Morgan fingerprint density at radius 1 is 1.09 bits per heavy atom. The van der Waals surface area contributed by atoms with Gasteiger partial charge in [0.1, 0.15) is 6.54 Å². The van der Waals surface area contributed by atoms with Gasteiger partial charge in [-0.15, -0.1) is 0 Å². The zero-order valence-electron chi connectivity index (χ0n) is 18.9. The summed E-state index contributed by atoms with van der Waals surface area (Å²) in [6, 6.07) is 13.5. The number of ketones is 1. The van der Waals surface area contributed by atoms with Gasteiger partial charge in [-0.25, -0.2) is 9.80 Å². The van der Waals surface area contributed by atoms with Crippen LogP contribution >= 0.6 is 0 Å². The number of nitrogens with zero attached hydrogens (tertiary/aromatic N) is 6.